The van der Waals surface area contributed by atoms with Gasteiger partial charge >= 0.3 is 0 Å². The van der Waals surface area contributed by atoms with Crippen molar-refractivity contribution in [3.8, 4) is 0 Å². The van der Waals surface area contributed by atoms with Crippen LogP contribution in [0.2, 0.25) is 0 Å². The van der Waals surface area contributed by atoms with Gasteiger partial charge in [0.1, 0.15) is 5.84 Å². The Bertz CT molecular complexity index is 180. The van der Waals surface area contributed by atoms with Crippen LogP contribution < -0.4 is 11.2 Å². The predicted octanol–water partition coefficient (Wildman–Crippen LogP) is 0.494. The molecule has 0 aliphatic carbocycles. The van der Waals surface area contributed by atoms with Crippen LogP contribution in [0.3, 0.4) is 0 Å². The van der Waals surface area contributed by atoms with Crippen molar-refractivity contribution < 1.29 is 4.79 Å². The molecule has 56 valence electrons. The lowest BCUT2D eigenvalue weighted by Crippen LogP contribution is -2.25. The van der Waals surface area contributed by atoms with Crippen molar-refractivity contribution in [1.29, 1.82) is 0 Å². The number of hydrazone groups is 1. The zero-order valence-electron chi connectivity index (χ0n) is 5.63. The van der Waals surface area contributed by atoms with Crippen LogP contribution in [-0.2, 0) is 0 Å². The van der Waals surface area contributed by atoms with Crippen LogP contribution in [0.15, 0.2) is 5.10 Å². The highest BCUT2D eigenvalue weighted by Gasteiger charge is 2.27. The van der Waals surface area contributed by atoms with Crippen molar-refractivity contribution in [2.24, 2.45) is 10.9 Å². The summed E-state index contributed by atoms with van der Waals surface area (Å²) in [6.07, 6.45) is 0.874. The predicted molar refractivity (Wildman–Crippen MR) is 41.8 cm³/mol. The molecular weight excluding hydrogens is 150 g/mol. The molecule has 4 nitrogen and oxygen atoms in total. The lowest BCUT2D eigenvalue weighted by atomic mass is 10.3. The van der Waals surface area contributed by atoms with Gasteiger partial charge in [-0.15, -0.1) is 0 Å². The fraction of sp³-hybridized carbons (Fsp3) is 0.600. The SMILES string of the molecule is CCC1SC(=O)N/C1=N/N. The first-order valence-corrected chi connectivity index (χ1v) is 3.91. The van der Waals surface area contributed by atoms with Gasteiger partial charge in [-0.2, -0.15) is 5.10 Å². The molecule has 0 bridgehead atoms. The Labute approximate surface area is 63.2 Å². The van der Waals surface area contributed by atoms with Crippen LogP contribution in [0.1, 0.15) is 13.3 Å². The Hall–Kier alpha value is -0.710. The van der Waals surface area contributed by atoms with Crippen molar-refractivity contribution in [3.63, 3.8) is 0 Å². The van der Waals surface area contributed by atoms with Gasteiger partial charge in [0.2, 0.25) is 0 Å². The van der Waals surface area contributed by atoms with Crippen LogP contribution in [0.5, 0.6) is 0 Å². The van der Waals surface area contributed by atoms with E-state index in [1.807, 2.05) is 6.92 Å². The summed E-state index contributed by atoms with van der Waals surface area (Å²) in [6.45, 7) is 1.99. The zero-order chi connectivity index (χ0) is 7.56. The molecule has 3 N–H and O–H groups in total. The molecule has 1 rings (SSSR count). The minimum absolute atomic E-state index is 0.0592. The number of hydrogen-bond donors (Lipinski definition) is 2. The fourth-order valence-corrected chi connectivity index (χ4v) is 1.61. The average Bonchev–Trinajstić information content (AvgIpc) is 2.30. The second kappa shape index (κ2) is 2.92. The highest BCUT2D eigenvalue weighted by molar-refractivity contribution is 8.15. The van der Waals surface area contributed by atoms with E-state index in [0.29, 0.717) is 5.84 Å². The van der Waals surface area contributed by atoms with Gasteiger partial charge in [-0.25, -0.2) is 0 Å². The molecule has 0 radical (unpaired) electrons. The van der Waals surface area contributed by atoms with E-state index >= 15 is 0 Å². The lowest BCUT2D eigenvalue weighted by Gasteiger charge is -2.00. The molecule has 0 aromatic rings. The van der Waals surface area contributed by atoms with Gasteiger partial charge in [0.05, 0.1) is 5.25 Å². The molecule has 1 heterocycles. The lowest BCUT2D eigenvalue weighted by molar-refractivity contribution is 0.265. The topological polar surface area (TPSA) is 67.5 Å². The Morgan fingerprint density at radius 1 is 1.90 bits per heavy atom. The van der Waals surface area contributed by atoms with Crippen molar-refractivity contribution in [3.05, 3.63) is 0 Å². The van der Waals surface area contributed by atoms with E-state index in [-0.39, 0.29) is 10.5 Å². The number of amidine groups is 1. The first kappa shape index (κ1) is 7.40. The molecule has 1 fully saturated rings. The standard InChI is InChI=1S/C5H9N3OS/c1-2-3-4(8-6)7-5(9)10-3/h3H,2,6H2,1H3,(H,7,8,9). The number of carbonyl (C=O) groups is 1. The third kappa shape index (κ3) is 1.23. The van der Waals surface area contributed by atoms with Crippen LogP contribution in [0, 0.1) is 0 Å². The highest BCUT2D eigenvalue weighted by Crippen LogP contribution is 2.21. The minimum atomic E-state index is -0.0592. The monoisotopic (exact) mass is 159 g/mol. The van der Waals surface area contributed by atoms with Gasteiger partial charge in [-0.1, -0.05) is 18.7 Å². The van der Waals surface area contributed by atoms with E-state index in [0.717, 1.165) is 6.42 Å². The Morgan fingerprint density at radius 2 is 2.60 bits per heavy atom. The van der Waals surface area contributed by atoms with Crippen molar-refractivity contribution >= 4 is 22.8 Å². The number of amides is 1. The van der Waals surface area contributed by atoms with Crippen molar-refractivity contribution in [2.75, 3.05) is 0 Å². The molecule has 5 heteroatoms. The van der Waals surface area contributed by atoms with Crippen molar-refractivity contribution in [1.82, 2.24) is 5.32 Å². The highest BCUT2D eigenvalue weighted by atomic mass is 32.2. The van der Waals surface area contributed by atoms with E-state index < -0.39 is 0 Å². The Balaban J connectivity index is 2.67. The second-order valence-corrected chi connectivity index (χ2v) is 3.12. The maximum atomic E-state index is 10.7. The largest absolute Gasteiger partial charge is 0.322 e. The van der Waals surface area contributed by atoms with Crippen LogP contribution in [0.4, 0.5) is 4.79 Å². The quantitative estimate of drug-likeness (QED) is 0.432. The van der Waals surface area contributed by atoms with Gasteiger partial charge in [-0.05, 0) is 6.42 Å². The number of nitrogens with one attached hydrogen (secondary N) is 1. The molecule has 1 amide bonds. The first-order valence-electron chi connectivity index (χ1n) is 3.03. The first-order chi connectivity index (χ1) is 4.77. The molecule has 10 heavy (non-hydrogen) atoms. The van der Waals surface area contributed by atoms with Crippen LogP contribution in [-0.4, -0.2) is 16.3 Å². The number of hydrogen-bond acceptors (Lipinski definition) is 4. The van der Waals surface area contributed by atoms with Gasteiger partial charge in [0.25, 0.3) is 5.24 Å². The molecule has 1 atom stereocenters. The van der Waals surface area contributed by atoms with E-state index in [1.165, 1.54) is 11.8 Å². The molecule has 0 spiro atoms. The summed E-state index contributed by atoms with van der Waals surface area (Å²) in [7, 11) is 0. The van der Waals surface area contributed by atoms with E-state index in [1.54, 1.807) is 0 Å². The third-order valence-electron chi connectivity index (χ3n) is 1.29. The van der Waals surface area contributed by atoms with E-state index in [2.05, 4.69) is 10.4 Å². The number of carbonyl (C=O) groups excluding carboxylic acids is 1. The number of rotatable bonds is 1. The third-order valence-corrected chi connectivity index (χ3v) is 2.45. The summed E-state index contributed by atoms with van der Waals surface area (Å²) in [5, 5.41) is 6.09. The van der Waals surface area contributed by atoms with Crippen LogP contribution in [0.25, 0.3) is 0 Å². The zero-order valence-corrected chi connectivity index (χ0v) is 6.44. The Morgan fingerprint density at radius 3 is 3.00 bits per heavy atom. The molecular formula is C5H9N3OS. The summed E-state index contributed by atoms with van der Waals surface area (Å²) in [6, 6.07) is 0. The molecule has 1 saturated heterocycles. The second-order valence-electron chi connectivity index (χ2n) is 1.94. The number of nitrogens with two attached hydrogens (primary N) is 1. The smallest absolute Gasteiger partial charge is 0.285 e. The molecule has 0 saturated carbocycles. The summed E-state index contributed by atoms with van der Waals surface area (Å²) >= 11 is 1.24. The maximum absolute atomic E-state index is 10.7. The van der Waals surface area contributed by atoms with Gasteiger partial charge in [-0.3, -0.25) is 4.79 Å². The van der Waals surface area contributed by atoms with Crippen molar-refractivity contribution in [2.45, 2.75) is 18.6 Å². The summed E-state index contributed by atoms with van der Waals surface area (Å²) in [4.78, 5) is 10.7. The maximum Gasteiger partial charge on any atom is 0.285 e. The Kier molecular flexibility index (Phi) is 2.16. The van der Waals surface area contributed by atoms with Crippen LogP contribution >= 0.6 is 11.8 Å². The molecule has 0 aromatic carbocycles. The number of thioether (sulfide) groups is 1. The van der Waals surface area contributed by atoms with E-state index in [9.17, 15) is 4.79 Å². The summed E-state index contributed by atoms with van der Waals surface area (Å²) < 4.78 is 0. The molecule has 1 aliphatic rings. The average molecular weight is 159 g/mol. The normalized spacial score (nSPS) is 29.1. The fourth-order valence-electron chi connectivity index (χ4n) is 0.792. The summed E-state index contributed by atoms with van der Waals surface area (Å²) in [5.41, 5.74) is 0. The summed E-state index contributed by atoms with van der Waals surface area (Å²) in [5.74, 6) is 5.62. The molecule has 0 aromatic heterocycles. The van der Waals surface area contributed by atoms with Gasteiger partial charge in [0, 0.05) is 0 Å². The van der Waals surface area contributed by atoms with Gasteiger partial charge in [0.15, 0.2) is 0 Å². The molecule has 1 aliphatic heterocycles. The van der Waals surface area contributed by atoms with E-state index in [4.69, 9.17) is 5.84 Å². The molecule has 1 unspecified atom stereocenters. The van der Waals surface area contributed by atoms with Gasteiger partial charge < -0.3 is 11.2 Å². The number of nitrogens with zero attached hydrogens (tertiary/aromatic N) is 1. The minimum Gasteiger partial charge on any atom is -0.322 e.